The first-order chi connectivity index (χ1) is 9.71. The van der Waals surface area contributed by atoms with E-state index >= 15 is 0 Å². The second-order valence-corrected chi connectivity index (χ2v) is 4.23. The third kappa shape index (κ3) is 3.44. The zero-order valence-electron chi connectivity index (χ0n) is 10.6. The largest absolute Gasteiger partial charge is 0.326 e. The monoisotopic (exact) mass is 261 g/mol. The molecule has 0 aliphatic heterocycles. The smallest absolute Gasteiger partial charge is 0.228 e. The van der Waals surface area contributed by atoms with Crippen LogP contribution in [0, 0.1) is 22.7 Å². The third-order valence-electron chi connectivity index (χ3n) is 2.72. The van der Waals surface area contributed by atoms with E-state index in [4.69, 9.17) is 10.5 Å². The highest BCUT2D eigenvalue weighted by molar-refractivity contribution is 5.92. The summed E-state index contributed by atoms with van der Waals surface area (Å²) in [6, 6.07) is 17.7. The number of nitrogens with zero attached hydrogens (tertiary/aromatic N) is 2. The topological polar surface area (TPSA) is 76.7 Å². The molecule has 0 atom stereocenters. The Labute approximate surface area is 116 Å². The molecule has 0 heterocycles. The first kappa shape index (κ1) is 13.3. The van der Waals surface area contributed by atoms with Crippen LogP contribution in [0.5, 0.6) is 0 Å². The highest BCUT2D eigenvalue weighted by Crippen LogP contribution is 2.11. The molecule has 0 unspecified atom stereocenters. The van der Waals surface area contributed by atoms with Gasteiger partial charge in [-0.25, -0.2) is 0 Å². The molecule has 0 radical (unpaired) electrons. The van der Waals surface area contributed by atoms with Crippen LogP contribution in [0.25, 0.3) is 0 Å². The molecule has 1 N–H and O–H groups in total. The number of nitriles is 2. The molecule has 0 saturated carbocycles. The van der Waals surface area contributed by atoms with E-state index in [1.807, 2.05) is 12.1 Å². The van der Waals surface area contributed by atoms with Gasteiger partial charge in [0.25, 0.3) is 0 Å². The molecule has 2 rings (SSSR count). The lowest BCUT2D eigenvalue weighted by Crippen LogP contribution is -2.14. The van der Waals surface area contributed by atoms with Crippen molar-refractivity contribution in [1.29, 1.82) is 10.5 Å². The summed E-state index contributed by atoms with van der Waals surface area (Å²) in [7, 11) is 0. The molecule has 0 aliphatic rings. The minimum absolute atomic E-state index is 0.162. The number of hydrogen-bond donors (Lipinski definition) is 1. The maximum Gasteiger partial charge on any atom is 0.228 e. The van der Waals surface area contributed by atoms with Crippen molar-refractivity contribution in [2.24, 2.45) is 0 Å². The number of carbonyl (C=O) groups is 1. The Bertz CT molecular complexity index is 706. The molecule has 0 aromatic heterocycles. The number of carbonyl (C=O) groups excluding carboxylic acids is 1. The zero-order chi connectivity index (χ0) is 14.4. The maximum atomic E-state index is 11.9. The van der Waals surface area contributed by atoms with Crippen LogP contribution in [0.15, 0.2) is 48.5 Å². The van der Waals surface area contributed by atoms with Crippen molar-refractivity contribution in [2.45, 2.75) is 6.42 Å². The average Bonchev–Trinajstić information content (AvgIpc) is 2.48. The lowest BCUT2D eigenvalue weighted by Gasteiger charge is -2.05. The Morgan fingerprint density at radius 1 is 1.00 bits per heavy atom. The molecular formula is C16H11N3O. The molecule has 4 nitrogen and oxygen atoms in total. The molecule has 4 heteroatoms. The summed E-state index contributed by atoms with van der Waals surface area (Å²) in [6.07, 6.45) is 0.225. The third-order valence-corrected chi connectivity index (χ3v) is 2.72. The van der Waals surface area contributed by atoms with Gasteiger partial charge in [-0.1, -0.05) is 18.2 Å². The van der Waals surface area contributed by atoms with E-state index in [0.717, 1.165) is 5.56 Å². The quantitative estimate of drug-likeness (QED) is 0.922. The van der Waals surface area contributed by atoms with Crippen LogP contribution >= 0.6 is 0 Å². The number of nitrogens with one attached hydrogen (secondary N) is 1. The normalized spacial score (nSPS) is 9.30. The van der Waals surface area contributed by atoms with E-state index in [0.29, 0.717) is 16.8 Å². The molecule has 0 aliphatic carbocycles. The number of anilines is 1. The predicted molar refractivity (Wildman–Crippen MR) is 74.6 cm³/mol. The van der Waals surface area contributed by atoms with E-state index in [1.54, 1.807) is 48.5 Å². The lowest BCUT2D eigenvalue weighted by molar-refractivity contribution is -0.115. The number of amides is 1. The van der Waals surface area contributed by atoms with Gasteiger partial charge in [0.15, 0.2) is 0 Å². The summed E-state index contributed by atoms with van der Waals surface area (Å²) in [5, 5.41) is 20.2. The fourth-order valence-corrected chi connectivity index (χ4v) is 1.75. The van der Waals surface area contributed by atoms with Crippen molar-refractivity contribution < 1.29 is 4.79 Å². The predicted octanol–water partition coefficient (Wildman–Crippen LogP) is 2.61. The Morgan fingerprint density at radius 2 is 1.70 bits per heavy atom. The van der Waals surface area contributed by atoms with E-state index in [1.165, 1.54) is 0 Å². The molecule has 20 heavy (non-hydrogen) atoms. The van der Waals surface area contributed by atoms with Gasteiger partial charge in [0, 0.05) is 5.69 Å². The van der Waals surface area contributed by atoms with E-state index in [-0.39, 0.29) is 12.3 Å². The Morgan fingerprint density at radius 3 is 2.35 bits per heavy atom. The maximum absolute atomic E-state index is 11.9. The average molecular weight is 261 g/mol. The van der Waals surface area contributed by atoms with Crippen molar-refractivity contribution in [3.63, 3.8) is 0 Å². The van der Waals surface area contributed by atoms with Crippen LogP contribution < -0.4 is 5.32 Å². The van der Waals surface area contributed by atoms with Crippen molar-refractivity contribution in [2.75, 3.05) is 5.32 Å². The van der Waals surface area contributed by atoms with Crippen LogP contribution in [-0.4, -0.2) is 5.91 Å². The number of hydrogen-bond acceptors (Lipinski definition) is 3. The summed E-state index contributed by atoms with van der Waals surface area (Å²) in [6.45, 7) is 0. The van der Waals surface area contributed by atoms with Crippen LogP contribution in [0.2, 0.25) is 0 Å². The van der Waals surface area contributed by atoms with Crippen molar-refractivity contribution in [3.05, 3.63) is 65.2 Å². The summed E-state index contributed by atoms with van der Waals surface area (Å²) < 4.78 is 0. The van der Waals surface area contributed by atoms with Gasteiger partial charge in [0.1, 0.15) is 0 Å². The summed E-state index contributed by atoms with van der Waals surface area (Å²) >= 11 is 0. The molecule has 0 saturated heterocycles. The van der Waals surface area contributed by atoms with Gasteiger partial charge < -0.3 is 5.32 Å². The van der Waals surface area contributed by atoms with Gasteiger partial charge in [0.2, 0.25) is 5.91 Å². The highest BCUT2D eigenvalue weighted by atomic mass is 16.1. The Hall–Kier alpha value is -3.11. The second kappa shape index (κ2) is 6.17. The van der Waals surface area contributed by atoms with Crippen molar-refractivity contribution in [1.82, 2.24) is 0 Å². The first-order valence-electron chi connectivity index (χ1n) is 6.00. The number of rotatable bonds is 3. The van der Waals surface area contributed by atoms with Gasteiger partial charge in [-0.3, -0.25) is 4.79 Å². The lowest BCUT2D eigenvalue weighted by atomic mass is 10.1. The van der Waals surface area contributed by atoms with Crippen LogP contribution in [0.4, 0.5) is 5.69 Å². The second-order valence-electron chi connectivity index (χ2n) is 4.23. The fraction of sp³-hybridized carbons (Fsp3) is 0.0625. The van der Waals surface area contributed by atoms with Crippen LogP contribution in [0.1, 0.15) is 16.7 Å². The summed E-state index contributed by atoms with van der Waals surface area (Å²) in [5.41, 5.74) is 2.50. The minimum atomic E-state index is -0.162. The highest BCUT2D eigenvalue weighted by Gasteiger charge is 2.04. The fourth-order valence-electron chi connectivity index (χ4n) is 1.75. The molecule has 2 aromatic rings. The van der Waals surface area contributed by atoms with Gasteiger partial charge in [-0.15, -0.1) is 0 Å². The Balaban J connectivity index is 2.01. The van der Waals surface area contributed by atoms with Crippen LogP contribution in [0.3, 0.4) is 0 Å². The molecular weight excluding hydrogens is 250 g/mol. The SMILES string of the molecule is N#Cc1ccc(CC(=O)Nc2cccc(C#N)c2)cc1. The molecule has 0 spiro atoms. The molecule has 2 aromatic carbocycles. The first-order valence-corrected chi connectivity index (χ1v) is 6.00. The minimum Gasteiger partial charge on any atom is -0.326 e. The van der Waals surface area contributed by atoms with Gasteiger partial charge >= 0.3 is 0 Å². The van der Waals surface area contributed by atoms with Gasteiger partial charge in [-0.05, 0) is 35.9 Å². The molecule has 1 amide bonds. The standard InChI is InChI=1S/C16H11N3O/c17-10-13-6-4-12(5-7-13)9-16(20)19-15-3-1-2-14(8-15)11-18/h1-8H,9H2,(H,19,20). The van der Waals surface area contributed by atoms with Gasteiger partial charge in [0.05, 0.1) is 29.7 Å². The molecule has 96 valence electrons. The molecule has 0 fully saturated rings. The van der Waals surface area contributed by atoms with Crippen LogP contribution in [-0.2, 0) is 11.2 Å². The van der Waals surface area contributed by atoms with E-state index < -0.39 is 0 Å². The summed E-state index contributed by atoms with van der Waals surface area (Å²) in [5.74, 6) is -0.162. The van der Waals surface area contributed by atoms with Crippen molar-refractivity contribution >= 4 is 11.6 Å². The van der Waals surface area contributed by atoms with E-state index in [9.17, 15) is 4.79 Å². The molecule has 0 bridgehead atoms. The zero-order valence-corrected chi connectivity index (χ0v) is 10.6. The number of benzene rings is 2. The van der Waals surface area contributed by atoms with E-state index in [2.05, 4.69) is 5.32 Å². The van der Waals surface area contributed by atoms with Crippen molar-refractivity contribution in [3.8, 4) is 12.1 Å². The Kier molecular flexibility index (Phi) is 4.11. The van der Waals surface area contributed by atoms with Gasteiger partial charge in [-0.2, -0.15) is 10.5 Å². The summed E-state index contributed by atoms with van der Waals surface area (Å²) in [4.78, 5) is 11.9.